The molecule has 0 bridgehead atoms. The van der Waals surface area contributed by atoms with E-state index in [2.05, 4.69) is 10.6 Å². The van der Waals surface area contributed by atoms with Gasteiger partial charge in [0.05, 0.1) is 0 Å². The molecular weight excluding hydrogens is 446 g/mol. The molecule has 182 valence electrons. The predicted octanol–water partition coefficient (Wildman–Crippen LogP) is 3.31. The molecule has 0 spiro atoms. The monoisotopic (exact) mass is 474 g/mol. The van der Waals surface area contributed by atoms with Crippen LogP contribution in [0.2, 0.25) is 0 Å². The molecule has 1 atom stereocenters. The van der Waals surface area contributed by atoms with Gasteiger partial charge < -0.3 is 24.8 Å². The molecular formula is C25H28F2N2O5. The zero-order valence-electron chi connectivity index (χ0n) is 19.2. The number of carbonyl (C=O) groups excluding carboxylic acids is 2. The molecule has 0 saturated carbocycles. The standard InChI is InChI=1S/C25H28F2N2O5/c1-15(2)22(29-23(30)21-17(26)4-3-5-18(21)27)24(31)28-13-25(8-10-32-11-9-25)16-6-7-19-20(12-16)34-14-33-19/h3-7,12,15,22H,8-11,13-14H2,1-2H3,(H,28,31)(H,29,30)/t22-/m0/s1. The van der Waals surface area contributed by atoms with Gasteiger partial charge in [-0.25, -0.2) is 8.78 Å². The minimum absolute atomic E-state index is 0.171. The zero-order valence-corrected chi connectivity index (χ0v) is 19.2. The summed E-state index contributed by atoms with van der Waals surface area (Å²) in [4.78, 5) is 25.7. The lowest BCUT2D eigenvalue weighted by Crippen LogP contribution is -2.53. The minimum atomic E-state index is -0.982. The Hall–Kier alpha value is -3.20. The van der Waals surface area contributed by atoms with Gasteiger partial charge in [-0.1, -0.05) is 26.0 Å². The zero-order chi connectivity index (χ0) is 24.3. The second-order valence-electron chi connectivity index (χ2n) is 8.97. The van der Waals surface area contributed by atoms with Gasteiger partial charge in [0.15, 0.2) is 11.5 Å². The van der Waals surface area contributed by atoms with Crippen LogP contribution < -0.4 is 20.1 Å². The Morgan fingerprint density at radius 1 is 1.03 bits per heavy atom. The third kappa shape index (κ3) is 4.84. The lowest BCUT2D eigenvalue weighted by Gasteiger charge is -2.38. The van der Waals surface area contributed by atoms with Crippen molar-refractivity contribution in [3.63, 3.8) is 0 Å². The molecule has 0 unspecified atom stereocenters. The van der Waals surface area contributed by atoms with Gasteiger partial charge in [-0.05, 0) is 48.6 Å². The number of halogens is 2. The molecule has 0 aliphatic carbocycles. The number of rotatable bonds is 7. The third-order valence-electron chi connectivity index (χ3n) is 6.46. The van der Waals surface area contributed by atoms with Crippen LogP contribution in [0.25, 0.3) is 0 Å². The summed E-state index contributed by atoms with van der Waals surface area (Å²) in [6, 6.07) is 7.97. The first kappa shape index (κ1) is 23.9. The summed E-state index contributed by atoms with van der Waals surface area (Å²) in [5.74, 6) is -2.33. The molecule has 7 nitrogen and oxygen atoms in total. The molecule has 1 fully saturated rings. The first-order valence-electron chi connectivity index (χ1n) is 11.3. The smallest absolute Gasteiger partial charge is 0.257 e. The number of amides is 2. The molecule has 2 aliphatic heterocycles. The molecule has 0 radical (unpaired) electrons. The third-order valence-corrected chi connectivity index (χ3v) is 6.46. The molecule has 2 heterocycles. The highest BCUT2D eigenvalue weighted by Gasteiger charge is 2.37. The van der Waals surface area contributed by atoms with Crippen LogP contribution in [0.5, 0.6) is 11.5 Å². The number of fused-ring (bicyclic) bond motifs is 1. The van der Waals surface area contributed by atoms with Crippen LogP contribution in [0, 0.1) is 17.6 Å². The molecule has 2 aromatic carbocycles. The Balaban J connectivity index is 1.50. The van der Waals surface area contributed by atoms with Gasteiger partial charge in [0.2, 0.25) is 12.7 Å². The largest absolute Gasteiger partial charge is 0.454 e. The average molecular weight is 475 g/mol. The van der Waals surface area contributed by atoms with Gasteiger partial charge in [0.1, 0.15) is 23.2 Å². The summed E-state index contributed by atoms with van der Waals surface area (Å²) in [5, 5.41) is 5.45. The molecule has 1 saturated heterocycles. The predicted molar refractivity (Wildman–Crippen MR) is 120 cm³/mol. The fourth-order valence-electron chi connectivity index (χ4n) is 4.39. The lowest BCUT2D eigenvalue weighted by atomic mass is 9.74. The molecule has 2 aromatic rings. The maximum Gasteiger partial charge on any atom is 0.257 e. The van der Waals surface area contributed by atoms with Crippen molar-refractivity contribution < 1.29 is 32.6 Å². The van der Waals surface area contributed by atoms with E-state index in [-0.39, 0.29) is 12.7 Å². The van der Waals surface area contributed by atoms with E-state index >= 15 is 0 Å². The first-order chi connectivity index (χ1) is 16.3. The van der Waals surface area contributed by atoms with Crippen LogP contribution >= 0.6 is 0 Å². The summed E-state index contributed by atoms with van der Waals surface area (Å²) in [6.45, 7) is 5.07. The van der Waals surface area contributed by atoms with E-state index in [1.54, 1.807) is 13.8 Å². The second kappa shape index (κ2) is 9.97. The Kier molecular flexibility index (Phi) is 7.02. The molecule has 9 heteroatoms. The summed E-state index contributed by atoms with van der Waals surface area (Å²) in [6.07, 6.45) is 1.37. The van der Waals surface area contributed by atoms with E-state index < -0.39 is 40.5 Å². The van der Waals surface area contributed by atoms with Crippen molar-refractivity contribution in [1.29, 1.82) is 0 Å². The number of hydrogen-bond acceptors (Lipinski definition) is 5. The van der Waals surface area contributed by atoms with Gasteiger partial charge in [0, 0.05) is 25.2 Å². The first-order valence-corrected chi connectivity index (χ1v) is 11.3. The fraction of sp³-hybridized carbons (Fsp3) is 0.440. The molecule has 0 aromatic heterocycles. The van der Waals surface area contributed by atoms with Crippen molar-refractivity contribution in [2.45, 2.75) is 38.1 Å². The van der Waals surface area contributed by atoms with Gasteiger partial charge in [-0.2, -0.15) is 0 Å². The Morgan fingerprint density at radius 2 is 1.71 bits per heavy atom. The van der Waals surface area contributed by atoms with Gasteiger partial charge in [0.25, 0.3) is 5.91 Å². The molecule has 34 heavy (non-hydrogen) atoms. The second-order valence-corrected chi connectivity index (χ2v) is 8.97. The average Bonchev–Trinajstić information content (AvgIpc) is 3.29. The lowest BCUT2D eigenvalue weighted by molar-refractivity contribution is -0.124. The molecule has 2 aliphatic rings. The van der Waals surface area contributed by atoms with Crippen molar-refractivity contribution in [1.82, 2.24) is 10.6 Å². The van der Waals surface area contributed by atoms with Crippen LogP contribution in [0.3, 0.4) is 0 Å². The topological polar surface area (TPSA) is 85.9 Å². The SMILES string of the molecule is CC(C)[C@H](NC(=O)c1c(F)cccc1F)C(=O)NCC1(c2ccc3c(c2)OCO3)CCOCC1. The van der Waals surface area contributed by atoms with E-state index in [9.17, 15) is 18.4 Å². The van der Waals surface area contributed by atoms with Crippen LogP contribution in [0.4, 0.5) is 8.78 Å². The molecule has 2 amide bonds. The number of hydrogen-bond donors (Lipinski definition) is 2. The van der Waals surface area contributed by atoms with Crippen LogP contribution in [0.1, 0.15) is 42.6 Å². The fourth-order valence-corrected chi connectivity index (χ4v) is 4.39. The molecule has 2 N–H and O–H groups in total. The summed E-state index contributed by atoms with van der Waals surface area (Å²) in [7, 11) is 0. The van der Waals surface area contributed by atoms with E-state index in [0.717, 1.165) is 17.7 Å². The van der Waals surface area contributed by atoms with Crippen LogP contribution in [-0.4, -0.2) is 44.4 Å². The van der Waals surface area contributed by atoms with Gasteiger partial charge >= 0.3 is 0 Å². The van der Waals surface area contributed by atoms with Crippen LogP contribution in [-0.2, 0) is 14.9 Å². The van der Waals surface area contributed by atoms with Crippen molar-refractivity contribution in [2.24, 2.45) is 5.92 Å². The van der Waals surface area contributed by atoms with E-state index in [0.29, 0.717) is 44.1 Å². The number of nitrogens with one attached hydrogen (secondary N) is 2. The van der Waals surface area contributed by atoms with Crippen molar-refractivity contribution in [2.75, 3.05) is 26.6 Å². The number of benzene rings is 2. The highest BCUT2D eigenvalue weighted by molar-refractivity contribution is 5.98. The highest BCUT2D eigenvalue weighted by Crippen LogP contribution is 2.40. The van der Waals surface area contributed by atoms with E-state index in [4.69, 9.17) is 14.2 Å². The van der Waals surface area contributed by atoms with E-state index in [1.165, 1.54) is 6.07 Å². The quantitative estimate of drug-likeness (QED) is 0.643. The number of ether oxygens (including phenoxy) is 3. The maximum absolute atomic E-state index is 14.0. The highest BCUT2D eigenvalue weighted by atomic mass is 19.1. The molecule has 4 rings (SSSR count). The van der Waals surface area contributed by atoms with Crippen molar-refractivity contribution in [3.05, 3.63) is 59.2 Å². The summed E-state index contributed by atoms with van der Waals surface area (Å²) < 4.78 is 44.6. The van der Waals surface area contributed by atoms with Crippen molar-refractivity contribution >= 4 is 11.8 Å². The van der Waals surface area contributed by atoms with Gasteiger partial charge in [-0.3, -0.25) is 9.59 Å². The normalized spacial score (nSPS) is 17.3. The van der Waals surface area contributed by atoms with Crippen molar-refractivity contribution in [3.8, 4) is 11.5 Å². The summed E-state index contributed by atoms with van der Waals surface area (Å²) >= 11 is 0. The minimum Gasteiger partial charge on any atom is -0.454 e. The maximum atomic E-state index is 14.0. The van der Waals surface area contributed by atoms with E-state index in [1.807, 2.05) is 18.2 Å². The summed E-state index contributed by atoms with van der Waals surface area (Å²) in [5.41, 5.74) is -0.0981. The number of carbonyl (C=O) groups is 2. The Bertz CT molecular complexity index is 1050. The Morgan fingerprint density at radius 3 is 2.38 bits per heavy atom. The van der Waals surface area contributed by atoms with Gasteiger partial charge in [-0.15, -0.1) is 0 Å². The van der Waals surface area contributed by atoms with Crippen LogP contribution in [0.15, 0.2) is 36.4 Å². The Labute approximate surface area is 196 Å².